The molecule has 0 atom stereocenters. The number of carbonyl (C=O) groups is 1. The lowest BCUT2D eigenvalue weighted by atomic mass is 9.89. The molecule has 0 radical (unpaired) electrons. The summed E-state index contributed by atoms with van der Waals surface area (Å²) in [5, 5.41) is 3.44. The van der Waals surface area contributed by atoms with Crippen LogP contribution in [0.3, 0.4) is 0 Å². The highest BCUT2D eigenvalue weighted by Gasteiger charge is 2.32. The highest BCUT2D eigenvalue weighted by Crippen LogP contribution is 2.32. The summed E-state index contributed by atoms with van der Waals surface area (Å²) >= 11 is 6.53. The third-order valence-corrected chi connectivity index (χ3v) is 5.99. The molecule has 1 aromatic carbocycles. The van der Waals surface area contributed by atoms with Gasteiger partial charge in [-0.2, -0.15) is 4.98 Å². The highest BCUT2D eigenvalue weighted by molar-refractivity contribution is 6.33. The van der Waals surface area contributed by atoms with Crippen LogP contribution in [0.5, 0.6) is 6.01 Å². The maximum absolute atomic E-state index is 11.1. The molecule has 1 aliphatic carbocycles. The summed E-state index contributed by atoms with van der Waals surface area (Å²) in [6, 6.07) is 10.7. The highest BCUT2D eigenvalue weighted by atomic mass is 35.5. The van der Waals surface area contributed by atoms with Gasteiger partial charge in [-0.05, 0) is 18.2 Å². The molecule has 9 heteroatoms. The Morgan fingerprint density at radius 2 is 1.97 bits per heavy atom. The fourth-order valence-electron chi connectivity index (χ4n) is 4.03. The zero-order valence-corrected chi connectivity index (χ0v) is 18.0. The molecule has 5 rings (SSSR count). The molecule has 3 aromatic rings. The number of imidazole rings is 1. The summed E-state index contributed by atoms with van der Waals surface area (Å²) in [7, 11) is 0. The number of hydrogen-bond donors (Lipinski definition) is 2. The summed E-state index contributed by atoms with van der Waals surface area (Å²) in [6.07, 6.45) is 1.57. The number of H-pyrrole nitrogens is 1. The number of carbonyl (C=O) groups excluding carboxylic acids is 1. The van der Waals surface area contributed by atoms with Crippen molar-refractivity contribution in [1.29, 1.82) is 0 Å². The fraction of sp³-hybridized carbons (Fsp3) is 0.409. The maximum Gasteiger partial charge on any atom is 0.296 e. The first-order chi connectivity index (χ1) is 15.0. The number of amides is 1. The van der Waals surface area contributed by atoms with Crippen LogP contribution in [0.1, 0.15) is 19.8 Å². The topological polar surface area (TPSA) is 92.4 Å². The molecule has 1 aliphatic heterocycles. The van der Waals surface area contributed by atoms with Crippen molar-refractivity contribution in [1.82, 2.24) is 20.3 Å². The van der Waals surface area contributed by atoms with Crippen LogP contribution >= 0.6 is 11.6 Å². The van der Waals surface area contributed by atoms with Crippen molar-refractivity contribution in [3.8, 4) is 17.3 Å². The number of benzene rings is 1. The van der Waals surface area contributed by atoms with E-state index in [9.17, 15) is 4.79 Å². The molecule has 8 nitrogen and oxygen atoms in total. The van der Waals surface area contributed by atoms with Crippen LogP contribution in [0.4, 0.5) is 5.69 Å². The first-order valence-corrected chi connectivity index (χ1v) is 10.9. The van der Waals surface area contributed by atoms with E-state index in [-0.39, 0.29) is 18.1 Å². The molecule has 2 aliphatic rings. The van der Waals surface area contributed by atoms with Gasteiger partial charge in [0, 0.05) is 50.1 Å². The van der Waals surface area contributed by atoms with Gasteiger partial charge in [0.25, 0.3) is 6.01 Å². The van der Waals surface area contributed by atoms with E-state index in [1.165, 1.54) is 6.92 Å². The summed E-state index contributed by atoms with van der Waals surface area (Å²) in [5.74, 6) is -0.0171. The van der Waals surface area contributed by atoms with Crippen LogP contribution in [-0.2, 0) is 9.53 Å². The number of halogens is 1. The molecule has 1 saturated carbocycles. The zero-order valence-electron chi connectivity index (χ0n) is 17.2. The third kappa shape index (κ3) is 4.31. The molecule has 1 amide bonds. The number of aromatic amines is 1. The van der Waals surface area contributed by atoms with Gasteiger partial charge < -0.3 is 24.7 Å². The molecule has 3 heterocycles. The first-order valence-electron chi connectivity index (χ1n) is 10.5. The number of anilines is 1. The lowest BCUT2D eigenvalue weighted by Gasteiger charge is -2.34. The van der Waals surface area contributed by atoms with E-state index in [0.29, 0.717) is 22.4 Å². The van der Waals surface area contributed by atoms with E-state index < -0.39 is 0 Å². The molecule has 2 fully saturated rings. The second-order valence-corrected chi connectivity index (χ2v) is 8.39. The number of pyridine rings is 1. The van der Waals surface area contributed by atoms with Crippen molar-refractivity contribution in [3.63, 3.8) is 0 Å². The Balaban J connectivity index is 1.31. The second kappa shape index (κ2) is 8.36. The molecule has 0 bridgehead atoms. The Morgan fingerprint density at radius 3 is 2.68 bits per heavy atom. The number of hydrogen-bond acceptors (Lipinski definition) is 6. The lowest BCUT2D eigenvalue weighted by Crippen LogP contribution is -2.48. The Kier molecular flexibility index (Phi) is 5.41. The third-order valence-electron chi connectivity index (χ3n) is 5.70. The predicted octanol–water partition coefficient (Wildman–Crippen LogP) is 3.16. The summed E-state index contributed by atoms with van der Waals surface area (Å²) in [6.45, 7) is 4.82. The van der Waals surface area contributed by atoms with Crippen LogP contribution in [0.15, 0.2) is 30.3 Å². The average Bonchev–Trinajstić information content (AvgIpc) is 3.13. The maximum atomic E-state index is 11.1. The van der Waals surface area contributed by atoms with Crippen molar-refractivity contribution >= 4 is 34.4 Å². The van der Waals surface area contributed by atoms with Gasteiger partial charge in [-0.3, -0.25) is 4.79 Å². The minimum absolute atomic E-state index is 0.0171. The average molecular weight is 442 g/mol. The molecule has 0 unspecified atom stereocenters. The van der Waals surface area contributed by atoms with Gasteiger partial charge in [0.15, 0.2) is 5.65 Å². The monoisotopic (exact) mass is 441 g/mol. The second-order valence-electron chi connectivity index (χ2n) is 7.99. The van der Waals surface area contributed by atoms with E-state index in [1.807, 2.05) is 18.2 Å². The van der Waals surface area contributed by atoms with Gasteiger partial charge in [0.1, 0.15) is 6.10 Å². The van der Waals surface area contributed by atoms with Gasteiger partial charge >= 0.3 is 0 Å². The number of rotatable bonds is 5. The molecule has 31 heavy (non-hydrogen) atoms. The minimum atomic E-state index is -0.0171. The van der Waals surface area contributed by atoms with Crippen molar-refractivity contribution < 1.29 is 14.3 Å². The molecule has 2 aromatic heterocycles. The lowest BCUT2D eigenvalue weighted by molar-refractivity contribution is -0.120. The molecule has 1 saturated heterocycles. The predicted molar refractivity (Wildman–Crippen MR) is 119 cm³/mol. The van der Waals surface area contributed by atoms with E-state index >= 15 is 0 Å². The van der Waals surface area contributed by atoms with E-state index in [2.05, 4.69) is 37.3 Å². The molecule has 2 N–H and O–H groups in total. The van der Waals surface area contributed by atoms with Crippen LogP contribution in [0, 0.1) is 0 Å². The Morgan fingerprint density at radius 1 is 1.23 bits per heavy atom. The van der Waals surface area contributed by atoms with E-state index in [0.717, 1.165) is 55.9 Å². The Labute approximate surface area is 184 Å². The largest absolute Gasteiger partial charge is 0.461 e. The van der Waals surface area contributed by atoms with Crippen molar-refractivity contribution in [2.45, 2.75) is 31.9 Å². The first kappa shape index (κ1) is 20.1. The number of aromatic nitrogens is 3. The van der Waals surface area contributed by atoms with Gasteiger partial charge in [-0.1, -0.05) is 23.7 Å². The van der Waals surface area contributed by atoms with Crippen LogP contribution < -0.4 is 15.0 Å². The molecular weight excluding hydrogens is 418 g/mol. The number of morpholine rings is 1. The summed E-state index contributed by atoms with van der Waals surface area (Å²) < 4.78 is 11.3. The van der Waals surface area contributed by atoms with Gasteiger partial charge in [0.05, 0.1) is 29.4 Å². The summed E-state index contributed by atoms with van der Waals surface area (Å²) in [4.78, 5) is 25.7. The molecule has 0 spiro atoms. The van der Waals surface area contributed by atoms with Gasteiger partial charge in [-0.25, -0.2) is 4.98 Å². The zero-order chi connectivity index (χ0) is 21.4. The van der Waals surface area contributed by atoms with Crippen LogP contribution in [0.25, 0.3) is 22.4 Å². The number of nitrogens with zero attached hydrogens (tertiary/aromatic N) is 3. The van der Waals surface area contributed by atoms with Gasteiger partial charge in [0.2, 0.25) is 5.91 Å². The number of nitrogens with one attached hydrogen (secondary N) is 2. The quantitative estimate of drug-likeness (QED) is 0.631. The van der Waals surface area contributed by atoms with Crippen LogP contribution in [-0.4, -0.2) is 59.3 Å². The number of fused-ring (bicyclic) bond motifs is 1. The van der Waals surface area contributed by atoms with Crippen LogP contribution in [0.2, 0.25) is 5.02 Å². The summed E-state index contributed by atoms with van der Waals surface area (Å²) in [5.41, 5.74) is 4.08. The SMILES string of the molecule is CC(=O)N[C@H]1C[C@@H](Oc2nc3nc(-c4ccc(N5CCOCC5)cc4)c(Cl)cc3[nH]2)C1. The number of ether oxygens (including phenoxy) is 2. The minimum Gasteiger partial charge on any atom is -0.461 e. The van der Waals surface area contributed by atoms with Crippen molar-refractivity contribution in [2.24, 2.45) is 0 Å². The molecular formula is C22H24ClN5O3. The normalized spacial score (nSPS) is 21.0. The molecule has 162 valence electrons. The fourth-order valence-corrected chi connectivity index (χ4v) is 4.29. The Hall–Kier alpha value is -2.84. The van der Waals surface area contributed by atoms with Crippen molar-refractivity contribution in [3.05, 3.63) is 35.4 Å². The van der Waals surface area contributed by atoms with E-state index in [1.54, 1.807) is 0 Å². The Bertz CT molecular complexity index is 1090. The smallest absolute Gasteiger partial charge is 0.296 e. The standard InChI is InChI=1S/C22H24ClN5O3/c1-13(29)24-15-10-17(11-15)31-22-25-19-12-18(23)20(26-21(19)27-22)14-2-4-16(5-3-14)28-6-8-30-9-7-28/h2-5,12,15,17H,6-11H2,1H3,(H,24,29)(H,25,26,27)/t15-,17+. The van der Waals surface area contributed by atoms with Gasteiger partial charge in [-0.15, -0.1) is 0 Å². The van der Waals surface area contributed by atoms with E-state index in [4.69, 9.17) is 21.1 Å². The van der Waals surface area contributed by atoms with Crippen molar-refractivity contribution in [2.75, 3.05) is 31.2 Å².